The van der Waals surface area contributed by atoms with Crippen molar-refractivity contribution in [1.82, 2.24) is 10.6 Å². The van der Waals surface area contributed by atoms with Gasteiger partial charge in [-0.1, -0.05) is 0 Å². The number of esters is 2. The third-order valence-corrected chi connectivity index (χ3v) is 3.00. The zero-order chi connectivity index (χ0) is 15.0. The minimum absolute atomic E-state index is 0.135. The molecule has 2 N–H and O–H groups in total. The number of hydrogen-bond acceptors (Lipinski definition) is 6. The van der Waals surface area contributed by atoms with Crippen LogP contribution >= 0.6 is 0 Å². The van der Waals surface area contributed by atoms with Crippen LogP contribution in [0.15, 0.2) is 0 Å². The molecule has 1 aliphatic heterocycles. The van der Waals surface area contributed by atoms with Crippen molar-refractivity contribution < 1.29 is 23.9 Å². The van der Waals surface area contributed by atoms with Gasteiger partial charge in [0, 0.05) is 6.54 Å². The molecular formula is C13H22N2O5. The number of carbonyl (C=O) groups excluding carboxylic acids is 3. The van der Waals surface area contributed by atoms with E-state index in [0.29, 0.717) is 6.54 Å². The molecule has 20 heavy (non-hydrogen) atoms. The van der Waals surface area contributed by atoms with Crippen LogP contribution in [0.3, 0.4) is 0 Å². The predicted molar refractivity (Wildman–Crippen MR) is 70.8 cm³/mol. The number of hydrogen-bond donors (Lipinski definition) is 2. The van der Waals surface area contributed by atoms with Gasteiger partial charge in [0.1, 0.15) is 0 Å². The number of carbonyl (C=O) groups is 3. The van der Waals surface area contributed by atoms with Crippen LogP contribution in [-0.2, 0) is 23.9 Å². The molecule has 1 amide bonds. The van der Waals surface area contributed by atoms with Crippen LogP contribution in [0, 0.1) is 5.92 Å². The average Bonchev–Trinajstić information content (AvgIpc) is 2.45. The van der Waals surface area contributed by atoms with Gasteiger partial charge in [-0.05, 0) is 33.2 Å². The normalized spacial score (nSPS) is 18.4. The van der Waals surface area contributed by atoms with Gasteiger partial charge < -0.3 is 20.1 Å². The molecule has 0 saturated carbocycles. The van der Waals surface area contributed by atoms with Crippen LogP contribution in [0.5, 0.6) is 0 Å². The molecule has 1 saturated heterocycles. The van der Waals surface area contributed by atoms with E-state index in [9.17, 15) is 14.4 Å². The summed E-state index contributed by atoms with van der Waals surface area (Å²) in [5.41, 5.74) is 0. The molecule has 114 valence electrons. The van der Waals surface area contributed by atoms with Crippen LogP contribution in [-0.4, -0.2) is 50.2 Å². The third-order valence-electron chi connectivity index (χ3n) is 3.00. The first-order valence-corrected chi connectivity index (χ1v) is 6.94. The fourth-order valence-electron chi connectivity index (χ4n) is 2.00. The highest BCUT2D eigenvalue weighted by atomic mass is 16.6. The van der Waals surface area contributed by atoms with E-state index in [1.807, 2.05) is 0 Å². The van der Waals surface area contributed by atoms with Crippen molar-refractivity contribution in [2.24, 2.45) is 5.92 Å². The quantitative estimate of drug-likeness (QED) is 0.509. The minimum atomic E-state index is -1.38. The molecule has 1 fully saturated rings. The Hall–Kier alpha value is -1.63. The average molecular weight is 286 g/mol. The van der Waals surface area contributed by atoms with Gasteiger partial charge >= 0.3 is 11.9 Å². The summed E-state index contributed by atoms with van der Waals surface area (Å²) >= 11 is 0. The van der Waals surface area contributed by atoms with Gasteiger partial charge in [-0.25, -0.2) is 9.59 Å². The van der Waals surface area contributed by atoms with Gasteiger partial charge in [0.15, 0.2) is 0 Å². The lowest BCUT2D eigenvalue weighted by atomic mass is 9.98. The second kappa shape index (κ2) is 8.52. The molecule has 0 aromatic carbocycles. The Labute approximate surface area is 118 Å². The fourth-order valence-corrected chi connectivity index (χ4v) is 2.00. The molecule has 0 aromatic heterocycles. The molecule has 0 bridgehead atoms. The molecule has 0 aromatic rings. The van der Waals surface area contributed by atoms with Crippen LogP contribution in [0.1, 0.15) is 26.7 Å². The highest BCUT2D eigenvalue weighted by molar-refractivity contribution is 6.02. The lowest BCUT2D eigenvalue weighted by Gasteiger charge is -2.24. The highest BCUT2D eigenvalue weighted by Gasteiger charge is 2.33. The molecule has 0 spiro atoms. The van der Waals surface area contributed by atoms with Gasteiger partial charge in [-0.15, -0.1) is 0 Å². The van der Waals surface area contributed by atoms with E-state index >= 15 is 0 Å². The number of amides is 1. The molecule has 7 heteroatoms. The molecular weight excluding hydrogens is 264 g/mol. The van der Waals surface area contributed by atoms with Crippen LogP contribution < -0.4 is 10.6 Å². The first-order chi connectivity index (χ1) is 9.60. The lowest BCUT2D eigenvalue weighted by molar-refractivity contribution is -0.160. The molecule has 1 unspecified atom stereocenters. The Balaban J connectivity index is 2.64. The van der Waals surface area contributed by atoms with Gasteiger partial charge in [0.25, 0.3) is 0 Å². The monoisotopic (exact) mass is 286 g/mol. The number of ether oxygens (including phenoxy) is 2. The molecule has 0 radical (unpaired) electrons. The minimum Gasteiger partial charge on any atom is -0.464 e. The molecule has 0 aliphatic carbocycles. The molecule has 1 rings (SSSR count). The molecule has 1 atom stereocenters. The standard InChI is InChI=1S/C13H22N2O5/c1-3-19-12(17)10(13(18)20-4-2)15-11(16)9-6-5-7-14-8-9/h9-10,14H,3-8H2,1-2H3,(H,15,16). The second-order valence-electron chi connectivity index (χ2n) is 4.49. The van der Waals surface area contributed by atoms with E-state index in [2.05, 4.69) is 10.6 Å². The third kappa shape index (κ3) is 4.80. The van der Waals surface area contributed by atoms with Crippen molar-refractivity contribution in [2.45, 2.75) is 32.7 Å². The maximum Gasteiger partial charge on any atom is 0.340 e. The summed E-state index contributed by atoms with van der Waals surface area (Å²) < 4.78 is 9.58. The van der Waals surface area contributed by atoms with Crippen molar-refractivity contribution in [2.75, 3.05) is 26.3 Å². The van der Waals surface area contributed by atoms with Crippen molar-refractivity contribution in [3.05, 3.63) is 0 Å². The Morgan fingerprint density at radius 2 is 1.80 bits per heavy atom. The number of nitrogens with one attached hydrogen (secondary N) is 2. The SMILES string of the molecule is CCOC(=O)C(NC(=O)C1CCCNC1)C(=O)OCC. The van der Waals surface area contributed by atoms with E-state index in [1.165, 1.54) is 0 Å². The van der Waals surface area contributed by atoms with Gasteiger partial charge in [-0.3, -0.25) is 4.79 Å². The van der Waals surface area contributed by atoms with E-state index in [1.54, 1.807) is 13.8 Å². The van der Waals surface area contributed by atoms with E-state index in [-0.39, 0.29) is 25.0 Å². The largest absolute Gasteiger partial charge is 0.464 e. The Bertz CT molecular complexity index is 335. The smallest absolute Gasteiger partial charge is 0.340 e. The fraction of sp³-hybridized carbons (Fsp3) is 0.769. The summed E-state index contributed by atoms with van der Waals surface area (Å²) in [5, 5.41) is 5.53. The van der Waals surface area contributed by atoms with E-state index in [4.69, 9.17) is 9.47 Å². The summed E-state index contributed by atoms with van der Waals surface area (Å²) in [6.07, 6.45) is 1.62. The van der Waals surface area contributed by atoms with Crippen LogP contribution in [0.4, 0.5) is 0 Å². The summed E-state index contributed by atoms with van der Waals surface area (Å²) in [6.45, 7) is 4.96. The summed E-state index contributed by atoms with van der Waals surface area (Å²) in [4.78, 5) is 35.5. The van der Waals surface area contributed by atoms with E-state index < -0.39 is 18.0 Å². The topological polar surface area (TPSA) is 93.7 Å². The summed E-state index contributed by atoms with van der Waals surface area (Å²) in [5.74, 6) is -2.15. The van der Waals surface area contributed by atoms with Crippen LogP contribution in [0.2, 0.25) is 0 Å². The zero-order valence-electron chi connectivity index (χ0n) is 11.9. The first kappa shape index (κ1) is 16.4. The van der Waals surface area contributed by atoms with Gasteiger partial charge in [0.2, 0.25) is 11.9 Å². The Morgan fingerprint density at radius 3 is 2.25 bits per heavy atom. The van der Waals surface area contributed by atoms with Crippen molar-refractivity contribution in [3.8, 4) is 0 Å². The Kier molecular flexibility index (Phi) is 7.00. The summed E-state index contributed by atoms with van der Waals surface area (Å²) in [6, 6.07) is -1.38. The second-order valence-corrected chi connectivity index (χ2v) is 4.49. The Morgan fingerprint density at radius 1 is 1.20 bits per heavy atom. The van der Waals surface area contributed by atoms with Crippen molar-refractivity contribution in [3.63, 3.8) is 0 Å². The summed E-state index contributed by atoms with van der Waals surface area (Å²) in [7, 11) is 0. The predicted octanol–water partition coefficient (Wildman–Crippen LogP) is -0.403. The van der Waals surface area contributed by atoms with E-state index in [0.717, 1.165) is 19.4 Å². The van der Waals surface area contributed by atoms with Gasteiger partial charge in [0.05, 0.1) is 19.1 Å². The maximum atomic E-state index is 12.1. The first-order valence-electron chi connectivity index (χ1n) is 6.94. The van der Waals surface area contributed by atoms with Crippen molar-refractivity contribution >= 4 is 17.8 Å². The number of rotatable bonds is 6. The highest BCUT2D eigenvalue weighted by Crippen LogP contribution is 2.10. The lowest BCUT2D eigenvalue weighted by Crippen LogP contribution is -2.51. The van der Waals surface area contributed by atoms with Crippen molar-refractivity contribution in [1.29, 1.82) is 0 Å². The number of piperidine rings is 1. The molecule has 7 nitrogen and oxygen atoms in total. The maximum absolute atomic E-state index is 12.1. The van der Waals surface area contributed by atoms with Crippen LogP contribution in [0.25, 0.3) is 0 Å². The molecule has 1 heterocycles. The molecule has 1 aliphatic rings. The zero-order valence-corrected chi connectivity index (χ0v) is 11.9. The van der Waals surface area contributed by atoms with Gasteiger partial charge in [-0.2, -0.15) is 0 Å².